The molecule has 378 valence electrons. The highest BCUT2D eigenvalue weighted by Gasteiger charge is 2.19. The van der Waals surface area contributed by atoms with Crippen molar-refractivity contribution in [2.45, 2.75) is 232 Å². The van der Waals surface area contributed by atoms with Crippen LogP contribution in [0.25, 0.3) is 0 Å². The quantitative estimate of drug-likeness (QED) is 0.0262. The maximum absolute atomic E-state index is 12.8. The SMILES string of the molecule is CC/C=C\C/C=C\C/C=C\C/C=C\C/C=C\CCCCCC(=O)O[C@H](COC(=O)CCCCCC/C=C\C/C=C\C/C=C\C/C=C\CC)COC(=O)CCCCCCC/C=C\CCCCCC. The van der Waals surface area contributed by atoms with Gasteiger partial charge >= 0.3 is 17.9 Å². The lowest BCUT2D eigenvalue weighted by Gasteiger charge is -2.18. The number of esters is 3. The molecule has 1 atom stereocenters. The first kappa shape index (κ1) is 62.8. The lowest BCUT2D eigenvalue weighted by molar-refractivity contribution is -0.167. The van der Waals surface area contributed by atoms with E-state index >= 15 is 0 Å². The number of carbonyl (C=O) groups is 3. The van der Waals surface area contributed by atoms with E-state index in [0.29, 0.717) is 19.3 Å². The van der Waals surface area contributed by atoms with Crippen molar-refractivity contribution in [2.24, 2.45) is 0 Å². The molecular weight excluding hydrogens is 829 g/mol. The van der Waals surface area contributed by atoms with Crippen LogP contribution in [0.4, 0.5) is 0 Å². The molecule has 0 aliphatic rings. The normalized spacial score (nSPS) is 13.1. The summed E-state index contributed by atoms with van der Waals surface area (Å²) in [6.07, 6.45) is 74.6. The summed E-state index contributed by atoms with van der Waals surface area (Å²) in [6.45, 7) is 6.33. The topological polar surface area (TPSA) is 78.9 Å². The third-order valence-electron chi connectivity index (χ3n) is 10.9. The van der Waals surface area contributed by atoms with Crippen molar-refractivity contribution in [3.05, 3.63) is 122 Å². The molecule has 0 aliphatic heterocycles. The van der Waals surface area contributed by atoms with E-state index in [0.717, 1.165) is 141 Å². The summed E-state index contributed by atoms with van der Waals surface area (Å²) in [4.78, 5) is 38.1. The molecule has 0 fully saturated rings. The highest BCUT2D eigenvalue weighted by molar-refractivity contribution is 5.71. The summed E-state index contributed by atoms with van der Waals surface area (Å²) >= 11 is 0. The number of hydrogen-bond acceptors (Lipinski definition) is 6. The van der Waals surface area contributed by atoms with E-state index in [-0.39, 0.29) is 37.5 Å². The number of rotatable bonds is 47. The predicted molar refractivity (Wildman–Crippen MR) is 288 cm³/mol. The average molecular weight is 927 g/mol. The van der Waals surface area contributed by atoms with Crippen molar-refractivity contribution in [2.75, 3.05) is 13.2 Å². The third-order valence-corrected chi connectivity index (χ3v) is 10.9. The van der Waals surface area contributed by atoms with Gasteiger partial charge in [0.25, 0.3) is 0 Å². The Bertz CT molecular complexity index is 1440. The van der Waals surface area contributed by atoms with Crippen LogP contribution in [-0.2, 0) is 28.6 Å². The second-order valence-electron chi connectivity index (χ2n) is 17.4. The van der Waals surface area contributed by atoms with Crippen LogP contribution in [0.1, 0.15) is 226 Å². The maximum atomic E-state index is 12.8. The van der Waals surface area contributed by atoms with Crippen LogP contribution in [0.2, 0.25) is 0 Å². The van der Waals surface area contributed by atoms with Crippen molar-refractivity contribution in [1.29, 1.82) is 0 Å². The minimum Gasteiger partial charge on any atom is -0.462 e. The molecule has 0 saturated carbocycles. The first-order chi connectivity index (χ1) is 33.0. The van der Waals surface area contributed by atoms with Gasteiger partial charge in [0.15, 0.2) is 6.10 Å². The summed E-state index contributed by atoms with van der Waals surface area (Å²) in [6, 6.07) is 0. The predicted octanol–water partition coefficient (Wildman–Crippen LogP) is 18.1. The van der Waals surface area contributed by atoms with Gasteiger partial charge in [-0.2, -0.15) is 0 Å². The fraction of sp³-hybridized carbons (Fsp3) is 0.623. The lowest BCUT2D eigenvalue weighted by Crippen LogP contribution is -2.30. The fourth-order valence-corrected chi connectivity index (χ4v) is 6.92. The molecule has 0 spiro atoms. The molecule has 0 radical (unpaired) electrons. The summed E-state index contributed by atoms with van der Waals surface area (Å²) in [5, 5.41) is 0. The highest BCUT2D eigenvalue weighted by Crippen LogP contribution is 2.13. The van der Waals surface area contributed by atoms with Gasteiger partial charge < -0.3 is 14.2 Å². The number of allylic oxidation sites excluding steroid dienone is 20. The minimum atomic E-state index is -0.813. The van der Waals surface area contributed by atoms with Gasteiger partial charge in [0.2, 0.25) is 0 Å². The Labute approximate surface area is 412 Å². The van der Waals surface area contributed by atoms with E-state index in [1.165, 1.54) is 38.5 Å². The van der Waals surface area contributed by atoms with Gasteiger partial charge in [0.1, 0.15) is 13.2 Å². The van der Waals surface area contributed by atoms with Crippen LogP contribution in [0.3, 0.4) is 0 Å². The highest BCUT2D eigenvalue weighted by atomic mass is 16.6. The Morgan fingerprint density at radius 2 is 0.582 bits per heavy atom. The zero-order chi connectivity index (χ0) is 48.6. The molecule has 0 heterocycles. The van der Waals surface area contributed by atoms with Gasteiger partial charge in [0, 0.05) is 19.3 Å². The van der Waals surface area contributed by atoms with Crippen LogP contribution < -0.4 is 0 Å². The standard InChI is InChI=1S/C61H98O6/c1-4-7-10-13-16-19-22-25-27-29-30-32-34-37-40-43-46-49-52-55-61(64)67-58(56-65-59(62)53-50-47-44-41-38-35-24-21-18-15-12-9-6-3)57-66-60(63)54-51-48-45-42-39-36-33-31-28-26-23-20-17-14-11-8-5-2/h7-8,10-11,16-17,19-21,24-28,30,32-33,36-37,40,58H,4-6,9,12-15,18,22-23,29,31,34-35,38-39,41-57H2,1-3H3/b10-7-,11-8-,19-16-,20-17-,24-21-,27-25-,28-26-,32-30-,36-33-,40-37-/t58-/m0/s1. The molecule has 0 N–H and O–H groups in total. The zero-order valence-corrected chi connectivity index (χ0v) is 43.1. The fourth-order valence-electron chi connectivity index (χ4n) is 6.92. The van der Waals surface area contributed by atoms with Crippen molar-refractivity contribution >= 4 is 17.9 Å². The number of carbonyl (C=O) groups excluding carboxylic acids is 3. The van der Waals surface area contributed by atoms with Gasteiger partial charge in [0.05, 0.1) is 0 Å². The van der Waals surface area contributed by atoms with E-state index in [1.54, 1.807) is 0 Å². The minimum absolute atomic E-state index is 0.107. The first-order valence-corrected chi connectivity index (χ1v) is 27.0. The molecule has 0 amide bonds. The van der Waals surface area contributed by atoms with Crippen LogP contribution >= 0.6 is 0 Å². The molecule has 0 aromatic rings. The van der Waals surface area contributed by atoms with Crippen molar-refractivity contribution in [1.82, 2.24) is 0 Å². The van der Waals surface area contributed by atoms with Gasteiger partial charge in [-0.15, -0.1) is 0 Å². The summed E-state index contributed by atoms with van der Waals surface area (Å²) in [5.74, 6) is -0.978. The van der Waals surface area contributed by atoms with E-state index in [2.05, 4.69) is 142 Å². The molecule has 6 heteroatoms. The van der Waals surface area contributed by atoms with Crippen LogP contribution in [0.15, 0.2) is 122 Å². The number of ether oxygens (including phenoxy) is 3. The second-order valence-corrected chi connectivity index (χ2v) is 17.4. The molecule has 6 nitrogen and oxygen atoms in total. The second kappa shape index (κ2) is 54.4. The van der Waals surface area contributed by atoms with Gasteiger partial charge in [-0.05, 0) is 128 Å². The van der Waals surface area contributed by atoms with E-state index < -0.39 is 6.10 Å². The van der Waals surface area contributed by atoms with E-state index in [9.17, 15) is 14.4 Å². The largest absolute Gasteiger partial charge is 0.462 e. The Kier molecular flexibility index (Phi) is 51.0. The molecule has 0 unspecified atom stereocenters. The smallest absolute Gasteiger partial charge is 0.306 e. The van der Waals surface area contributed by atoms with Crippen LogP contribution in [-0.4, -0.2) is 37.2 Å². The van der Waals surface area contributed by atoms with Crippen molar-refractivity contribution in [3.63, 3.8) is 0 Å². The van der Waals surface area contributed by atoms with Gasteiger partial charge in [-0.3, -0.25) is 14.4 Å². The van der Waals surface area contributed by atoms with Crippen LogP contribution in [0.5, 0.6) is 0 Å². The van der Waals surface area contributed by atoms with Crippen LogP contribution in [0, 0.1) is 0 Å². The van der Waals surface area contributed by atoms with E-state index in [4.69, 9.17) is 14.2 Å². The van der Waals surface area contributed by atoms with E-state index in [1.807, 2.05) is 0 Å². The molecular formula is C61H98O6. The van der Waals surface area contributed by atoms with Gasteiger partial charge in [-0.25, -0.2) is 0 Å². The molecule has 0 bridgehead atoms. The Morgan fingerprint density at radius 1 is 0.313 bits per heavy atom. The molecule has 0 aromatic heterocycles. The lowest BCUT2D eigenvalue weighted by atomic mass is 10.1. The number of hydrogen-bond donors (Lipinski definition) is 0. The molecule has 0 aromatic carbocycles. The molecule has 0 aliphatic carbocycles. The number of unbranched alkanes of at least 4 members (excludes halogenated alkanes) is 16. The van der Waals surface area contributed by atoms with Crippen molar-refractivity contribution < 1.29 is 28.6 Å². The molecule has 67 heavy (non-hydrogen) atoms. The molecule has 0 rings (SSSR count). The average Bonchev–Trinajstić information content (AvgIpc) is 3.33. The van der Waals surface area contributed by atoms with Crippen molar-refractivity contribution in [3.8, 4) is 0 Å². The maximum Gasteiger partial charge on any atom is 0.306 e. The summed E-state index contributed by atoms with van der Waals surface area (Å²) < 4.78 is 16.8. The monoisotopic (exact) mass is 927 g/mol. The Morgan fingerprint density at radius 3 is 0.940 bits per heavy atom. The summed E-state index contributed by atoms with van der Waals surface area (Å²) in [5.41, 5.74) is 0. The molecule has 0 saturated heterocycles. The zero-order valence-electron chi connectivity index (χ0n) is 43.1. The Balaban J connectivity index is 4.53. The first-order valence-electron chi connectivity index (χ1n) is 27.0. The Hall–Kier alpha value is -4.19. The summed E-state index contributed by atoms with van der Waals surface area (Å²) in [7, 11) is 0. The third kappa shape index (κ3) is 52.6. The van der Waals surface area contributed by atoms with Gasteiger partial charge in [-0.1, -0.05) is 200 Å².